The van der Waals surface area contributed by atoms with Crippen LogP contribution in [0.1, 0.15) is 16.1 Å². The minimum Gasteiger partial charge on any atom is -0.470 e. The average molecular weight is 460 g/mol. The largest absolute Gasteiger partial charge is 0.470 e. The van der Waals surface area contributed by atoms with Crippen LogP contribution in [0.25, 0.3) is 0 Å². The number of anilines is 1. The molecule has 1 amide bonds. The number of hydrogen-bond donors (Lipinski definition) is 1. The average Bonchev–Trinajstić information content (AvgIpc) is 3.39. The molecule has 2 heterocycles. The summed E-state index contributed by atoms with van der Waals surface area (Å²) in [5.74, 6) is -0.269. The highest BCUT2D eigenvalue weighted by Gasteiger charge is 2.12. The first-order valence-electron chi connectivity index (χ1n) is 9.16. The van der Waals surface area contributed by atoms with Crippen molar-refractivity contribution in [3.8, 4) is 5.75 Å². The van der Waals surface area contributed by atoms with Crippen molar-refractivity contribution < 1.29 is 13.9 Å². The van der Waals surface area contributed by atoms with Gasteiger partial charge in [0, 0.05) is 17.4 Å². The first kappa shape index (κ1) is 20.9. The summed E-state index contributed by atoms with van der Waals surface area (Å²) < 4.78 is 21.8. The Morgan fingerprint density at radius 1 is 1.10 bits per heavy atom. The molecule has 0 bridgehead atoms. The van der Waals surface area contributed by atoms with E-state index < -0.39 is 11.7 Å². The third-order valence-corrected chi connectivity index (χ3v) is 4.96. The summed E-state index contributed by atoms with van der Waals surface area (Å²) in [6.07, 6.45) is 4.79. The number of para-hydroxylation sites is 1. The standard InChI is InChI=1S/C21H16Cl2FN5O2/c22-17-3-1-2-4-20(17)31-13-28-8-7-19(27-28)21(30)26-16-10-25-29(12-16)11-14-5-6-15(24)9-18(14)23/h1-10,12H,11,13H2,(H,26,30). The molecule has 31 heavy (non-hydrogen) atoms. The fraction of sp³-hybridized carbons (Fsp3) is 0.0952. The van der Waals surface area contributed by atoms with Crippen LogP contribution in [0.3, 0.4) is 0 Å². The minimum atomic E-state index is -0.404. The number of benzene rings is 2. The molecule has 0 aliphatic heterocycles. The van der Waals surface area contributed by atoms with Crippen molar-refractivity contribution in [2.75, 3.05) is 5.32 Å². The van der Waals surface area contributed by atoms with E-state index in [1.54, 1.807) is 41.3 Å². The molecule has 0 saturated heterocycles. The van der Waals surface area contributed by atoms with Gasteiger partial charge in [-0.25, -0.2) is 9.07 Å². The maximum atomic E-state index is 13.2. The van der Waals surface area contributed by atoms with Crippen molar-refractivity contribution in [1.29, 1.82) is 0 Å². The van der Waals surface area contributed by atoms with Gasteiger partial charge >= 0.3 is 0 Å². The van der Waals surface area contributed by atoms with Crippen molar-refractivity contribution in [2.45, 2.75) is 13.3 Å². The van der Waals surface area contributed by atoms with E-state index >= 15 is 0 Å². The second-order valence-electron chi connectivity index (χ2n) is 6.56. The van der Waals surface area contributed by atoms with Gasteiger partial charge in [0.15, 0.2) is 12.4 Å². The van der Waals surface area contributed by atoms with Gasteiger partial charge in [0.2, 0.25) is 0 Å². The van der Waals surface area contributed by atoms with Crippen molar-refractivity contribution >= 4 is 34.8 Å². The summed E-state index contributed by atoms with van der Waals surface area (Å²) in [6.45, 7) is 0.441. The molecule has 0 spiro atoms. The summed E-state index contributed by atoms with van der Waals surface area (Å²) in [7, 11) is 0. The number of nitrogens with one attached hydrogen (secondary N) is 1. The molecule has 0 aliphatic carbocycles. The van der Waals surface area contributed by atoms with Crippen LogP contribution in [0.2, 0.25) is 10.0 Å². The zero-order valence-electron chi connectivity index (χ0n) is 16.0. The van der Waals surface area contributed by atoms with Gasteiger partial charge < -0.3 is 10.1 Å². The summed E-state index contributed by atoms with van der Waals surface area (Å²) in [5.41, 5.74) is 1.42. The smallest absolute Gasteiger partial charge is 0.276 e. The lowest BCUT2D eigenvalue weighted by atomic mass is 10.2. The van der Waals surface area contributed by atoms with Gasteiger partial charge in [-0.2, -0.15) is 10.2 Å². The molecule has 0 atom stereocenters. The first-order chi connectivity index (χ1) is 15.0. The Labute approximate surface area is 187 Å². The summed E-state index contributed by atoms with van der Waals surface area (Å²) in [5, 5.41) is 11.9. The van der Waals surface area contributed by atoms with Crippen LogP contribution >= 0.6 is 23.2 Å². The molecule has 4 rings (SSSR count). The molecule has 0 radical (unpaired) electrons. The van der Waals surface area contributed by atoms with Crippen molar-refractivity contribution in [3.63, 3.8) is 0 Å². The van der Waals surface area contributed by atoms with Crippen LogP contribution in [0.5, 0.6) is 5.75 Å². The van der Waals surface area contributed by atoms with Crippen molar-refractivity contribution in [2.24, 2.45) is 0 Å². The Morgan fingerprint density at radius 3 is 2.74 bits per heavy atom. The number of nitrogens with zero attached hydrogens (tertiary/aromatic N) is 4. The number of aromatic nitrogens is 4. The molecule has 2 aromatic heterocycles. The molecule has 4 aromatic rings. The van der Waals surface area contributed by atoms with Crippen LogP contribution in [0.15, 0.2) is 67.1 Å². The predicted octanol–water partition coefficient (Wildman–Crippen LogP) is 4.86. The second kappa shape index (κ2) is 9.20. The van der Waals surface area contributed by atoms with Gasteiger partial charge in [0.1, 0.15) is 11.6 Å². The van der Waals surface area contributed by atoms with E-state index in [9.17, 15) is 9.18 Å². The van der Waals surface area contributed by atoms with Crippen molar-refractivity contribution in [3.05, 3.63) is 94.2 Å². The summed E-state index contributed by atoms with van der Waals surface area (Å²) >= 11 is 12.1. The number of hydrogen-bond acceptors (Lipinski definition) is 4. The monoisotopic (exact) mass is 459 g/mol. The zero-order chi connectivity index (χ0) is 21.8. The van der Waals surface area contributed by atoms with E-state index in [-0.39, 0.29) is 12.4 Å². The summed E-state index contributed by atoms with van der Waals surface area (Å²) in [6, 6.07) is 12.8. The van der Waals surface area contributed by atoms with Gasteiger partial charge in [0.05, 0.1) is 23.5 Å². The number of rotatable bonds is 7. The molecule has 7 nitrogen and oxygen atoms in total. The summed E-state index contributed by atoms with van der Waals surface area (Å²) in [4.78, 5) is 12.5. The molecular formula is C21H16Cl2FN5O2. The number of halogens is 3. The van der Waals surface area contributed by atoms with Crippen LogP contribution in [0.4, 0.5) is 10.1 Å². The number of ether oxygens (including phenoxy) is 1. The molecule has 0 aliphatic rings. The third kappa shape index (κ3) is 5.22. The maximum absolute atomic E-state index is 13.2. The van der Waals surface area contributed by atoms with E-state index in [4.69, 9.17) is 27.9 Å². The van der Waals surface area contributed by atoms with E-state index in [1.165, 1.54) is 23.0 Å². The number of carbonyl (C=O) groups is 1. The second-order valence-corrected chi connectivity index (χ2v) is 7.38. The van der Waals surface area contributed by atoms with E-state index in [0.29, 0.717) is 33.6 Å². The molecule has 0 fully saturated rings. The Hall–Kier alpha value is -3.36. The highest BCUT2D eigenvalue weighted by Crippen LogP contribution is 2.23. The van der Waals surface area contributed by atoms with Crippen LogP contribution in [-0.2, 0) is 13.3 Å². The number of amides is 1. The highest BCUT2D eigenvalue weighted by atomic mass is 35.5. The molecule has 158 valence electrons. The Balaban J connectivity index is 1.35. The van der Waals surface area contributed by atoms with Crippen LogP contribution < -0.4 is 10.1 Å². The molecule has 10 heteroatoms. The van der Waals surface area contributed by atoms with Gasteiger partial charge in [-0.1, -0.05) is 41.4 Å². The molecule has 2 aromatic carbocycles. The SMILES string of the molecule is O=C(Nc1cnn(Cc2ccc(F)cc2Cl)c1)c1ccn(COc2ccccc2Cl)n1. The lowest BCUT2D eigenvalue weighted by molar-refractivity contribution is 0.102. The Morgan fingerprint density at radius 2 is 1.94 bits per heavy atom. The first-order valence-corrected chi connectivity index (χ1v) is 9.92. The molecule has 0 saturated carbocycles. The van der Waals surface area contributed by atoms with Crippen LogP contribution in [-0.4, -0.2) is 25.5 Å². The zero-order valence-corrected chi connectivity index (χ0v) is 17.5. The van der Waals surface area contributed by atoms with Crippen molar-refractivity contribution in [1.82, 2.24) is 19.6 Å². The third-order valence-electron chi connectivity index (χ3n) is 4.30. The topological polar surface area (TPSA) is 74.0 Å². The van der Waals surface area contributed by atoms with E-state index in [1.807, 2.05) is 12.1 Å². The minimum absolute atomic E-state index is 0.105. The highest BCUT2D eigenvalue weighted by molar-refractivity contribution is 6.32. The number of carbonyl (C=O) groups excluding carboxylic acids is 1. The lowest BCUT2D eigenvalue weighted by Crippen LogP contribution is -2.14. The molecule has 1 N–H and O–H groups in total. The Bertz CT molecular complexity index is 1220. The van der Waals surface area contributed by atoms with E-state index in [0.717, 1.165) is 0 Å². The van der Waals surface area contributed by atoms with Gasteiger partial charge in [-0.3, -0.25) is 9.48 Å². The quantitative estimate of drug-likeness (QED) is 0.428. The maximum Gasteiger partial charge on any atom is 0.276 e. The van der Waals surface area contributed by atoms with Gasteiger partial charge in [0.25, 0.3) is 5.91 Å². The molecule has 0 unspecified atom stereocenters. The lowest BCUT2D eigenvalue weighted by Gasteiger charge is -2.07. The van der Waals surface area contributed by atoms with Crippen LogP contribution in [0, 0.1) is 5.82 Å². The van der Waals surface area contributed by atoms with Gasteiger partial charge in [-0.05, 0) is 35.9 Å². The molecular weight excluding hydrogens is 444 g/mol. The van der Waals surface area contributed by atoms with E-state index in [2.05, 4.69) is 15.5 Å². The fourth-order valence-corrected chi connectivity index (χ4v) is 3.20. The normalized spacial score (nSPS) is 10.8. The fourth-order valence-electron chi connectivity index (χ4n) is 2.79. The predicted molar refractivity (Wildman–Crippen MR) is 115 cm³/mol. The van der Waals surface area contributed by atoms with Gasteiger partial charge in [-0.15, -0.1) is 0 Å². The Kier molecular flexibility index (Phi) is 6.20.